The molecule has 1 aliphatic carbocycles. The summed E-state index contributed by atoms with van der Waals surface area (Å²) in [6.45, 7) is 1.95. The number of amides is 2. The molecular formula is C21H25N3O2. The molecule has 0 heterocycles. The van der Waals surface area contributed by atoms with E-state index < -0.39 is 0 Å². The van der Waals surface area contributed by atoms with E-state index in [-0.39, 0.29) is 29.8 Å². The van der Waals surface area contributed by atoms with Crippen molar-refractivity contribution in [1.29, 1.82) is 0 Å². The van der Waals surface area contributed by atoms with Gasteiger partial charge in [0.15, 0.2) is 0 Å². The van der Waals surface area contributed by atoms with E-state index in [1.807, 2.05) is 49.4 Å². The van der Waals surface area contributed by atoms with Crippen molar-refractivity contribution in [2.45, 2.75) is 38.3 Å². The van der Waals surface area contributed by atoms with E-state index in [9.17, 15) is 9.59 Å². The Morgan fingerprint density at radius 3 is 2.54 bits per heavy atom. The zero-order valence-electron chi connectivity index (χ0n) is 14.9. The lowest BCUT2D eigenvalue weighted by Gasteiger charge is -2.18. The number of carbonyl (C=O) groups excluding carboxylic acids is 2. The van der Waals surface area contributed by atoms with Gasteiger partial charge in [0, 0.05) is 23.2 Å². The van der Waals surface area contributed by atoms with Crippen molar-refractivity contribution in [3.63, 3.8) is 0 Å². The SMILES string of the molecule is CC(NC(=O)C1CCC(N)C1)c1cccc(NC(=O)c2ccccc2)c1. The molecule has 2 amide bonds. The Morgan fingerprint density at radius 1 is 1.08 bits per heavy atom. The molecule has 5 nitrogen and oxygen atoms in total. The lowest BCUT2D eigenvalue weighted by atomic mass is 10.0. The van der Waals surface area contributed by atoms with Crippen LogP contribution in [0.5, 0.6) is 0 Å². The Hall–Kier alpha value is -2.66. The van der Waals surface area contributed by atoms with Crippen molar-refractivity contribution in [3.8, 4) is 0 Å². The quantitative estimate of drug-likeness (QED) is 0.773. The highest BCUT2D eigenvalue weighted by atomic mass is 16.2. The van der Waals surface area contributed by atoms with Gasteiger partial charge in [0.1, 0.15) is 0 Å². The van der Waals surface area contributed by atoms with Gasteiger partial charge in [-0.1, -0.05) is 30.3 Å². The van der Waals surface area contributed by atoms with Crippen molar-refractivity contribution in [2.24, 2.45) is 11.7 Å². The summed E-state index contributed by atoms with van der Waals surface area (Å²) < 4.78 is 0. The van der Waals surface area contributed by atoms with Gasteiger partial charge in [-0.05, 0) is 56.0 Å². The normalized spacial score (nSPS) is 20.4. The second kappa shape index (κ2) is 8.15. The van der Waals surface area contributed by atoms with Crippen LogP contribution in [0.1, 0.15) is 48.1 Å². The van der Waals surface area contributed by atoms with E-state index in [4.69, 9.17) is 5.73 Å². The van der Waals surface area contributed by atoms with Crippen LogP contribution in [-0.2, 0) is 4.79 Å². The summed E-state index contributed by atoms with van der Waals surface area (Å²) in [6.07, 6.45) is 2.52. The van der Waals surface area contributed by atoms with Gasteiger partial charge in [-0.3, -0.25) is 9.59 Å². The molecule has 1 saturated carbocycles. The molecule has 26 heavy (non-hydrogen) atoms. The molecule has 136 valence electrons. The first kappa shape index (κ1) is 18.1. The second-order valence-electron chi connectivity index (χ2n) is 6.95. The summed E-state index contributed by atoms with van der Waals surface area (Å²) >= 11 is 0. The lowest BCUT2D eigenvalue weighted by Crippen LogP contribution is -2.32. The number of carbonyl (C=O) groups is 2. The maximum absolute atomic E-state index is 12.4. The molecule has 1 aliphatic rings. The summed E-state index contributed by atoms with van der Waals surface area (Å²) in [6, 6.07) is 16.6. The van der Waals surface area contributed by atoms with Crippen molar-refractivity contribution in [2.75, 3.05) is 5.32 Å². The zero-order valence-corrected chi connectivity index (χ0v) is 14.9. The molecule has 4 N–H and O–H groups in total. The van der Waals surface area contributed by atoms with Crippen LogP contribution < -0.4 is 16.4 Å². The Labute approximate surface area is 154 Å². The number of hydrogen-bond donors (Lipinski definition) is 3. The maximum Gasteiger partial charge on any atom is 0.255 e. The van der Waals surface area contributed by atoms with Gasteiger partial charge < -0.3 is 16.4 Å². The van der Waals surface area contributed by atoms with Crippen LogP contribution in [-0.4, -0.2) is 17.9 Å². The van der Waals surface area contributed by atoms with Crippen LogP contribution in [0.3, 0.4) is 0 Å². The molecule has 0 saturated heterocycles. The summed E-state index contributed by atoms with van der Waals surface area (Å²) in [5.41, 5.74) is 8.17. The van der Waals surface area contributed by atoms with Gasteiger partial charge in [0.2, 0.25) is 5.91 Å². The molecule has 0 aromatic heterocycles. The number of anilines is 1. The minimum Gasteiger partial charge on any atom is -0.349 e. The molecule has 0 bridgehead atoms. The molecule has 5 heteroatoms. The van der Waals surface area contributed by atoms with Crippen LogP contribution in [0.4, 0.5) is 5.69 Å². The van der Waals surface area contributed by atoms with E-state index in [0.717, 1.165) is 24.8 Å². The van der Waals surface area contributed by atoms with Crippen LogP contribution in [0.25, 0.3) is 0 Å². The first-order valence-corrected chi connectivity index (χ1v) is 9.05. The summed E-state index contributed by atoms with van der Waals surface area (Å²) in [4.78, 5) is 24.7. The molecule has 0 spiro atoms. The van der Waals surface area contributed by atoms with E-state index in [1.54, 1.807) is 12.1 Å². The van der Waals surface area contributed by atoms with Gasteiger partial charge in [-0.25, -0.2) is 0 Å². The first-order chi connectivity index (χ1) is 12.5. The fourth-order valence-corrected chi connectivity index (χ4v) is 3.35. The van der Waals surface area contributed by atoms with Gasteiger partial charge in [-0.15, -0.1) is 0 Å². The van der Waals surface area contributed by atoms with E-state index >= 15 is 0 Å². The minimum absolute atomic E-state index is 0.00779. The van der Waals surface area contributed by atoms with Gasteiger partial charge in [-0.2, -0.15) is 0 Å². The molecule has 0 radical (unpaired) electrons. The van der Waals surface area contributed by atoms with Crippen molar-refractivity contribution in [3.05, 3.63) is 65.7 Å². The van der Waals surface area contributed by atoms with Gasteiger partial charge in [0.05, 0.1) is 6.04 Å². The third-order valence-electron chi connectivity index (χ3n) is 4.88. The lowest BCUT2D eigenvalue weighted by molar-refractivity contribution is -0.125. The number of hydrogen-bond acceptors (Lipinski definition) is 3. The Balaban J connectivity index is 1.63. The third-order valence-corrected chi connectivity index (χ3v) is 4.88. The number of nitrogens with two attached hydrogens (primary N) is 1. The largest absolute Gasteiger partial charge is 0.349 e. The van der Waals surface area contributed by atoms with Crippen LogP contribution in [0.2, 0.25) is 0 Å². The third kappa shape index (κ3) is 4.49. The number of nitrogens with one attached hydrogen (secondary N) is 2. The van der Waals surface area contributed by atoms with E-state index in [1.165, 1.54) is 0 Å². The van der Waals surface area contributed by atoms with Crippen LogP contribution in [0, 0.1) is 5.92 Å². The highest BCUT2D eigenvalue weighted by Crippen LogP contribution is 2.25. The van der Waals surface area contributed by atoms with Crippen molar-refractivity contribution < 1.29 is 9.59 Å². The van der Waals surface area contributed by atoms with E-state index in [0.29, 0.717) is 11.3 Å². The fourth-order valence-electron chi connectivity index (χ4n) is 3.35. The summed E-state index contributed by atoms with van der Waals surface area (Å²) in [5.74, 6) is -0.0861. The summed E-state index contributed by atoms with van der Waals surface area (Å²) in [7, 11) is 0. The second-order valence-corrected chi connectivity index (χ2v) is 6.95. The highest BCUT2D eigenvalue weighted by Gasteiger charge is 2.28. The van der Waals surface area contributed by atoms with Crippen molar-refractivity contribution >= 4 is 17.5 Å². The van der Waals surface area contributed by atoms with Gasteiger partial charge >= 0.3 is 0 Å². The zero-order chi connectivity index (χ0) is 18.5. The monoisotopic (exact) mass is 351 g/mol. The molecule has 3 rings (SSSR count). The van der Waals surface area contributed by atoms with Crippen LogP contribution in [0.15, 0.2) is 54.6 Å². The molecule has 0 aliphatic heterocycles. The average Bonchev–Trinajstić information content (AvgIpc) is 3.09. The molecule has 1 fully saturated rings. The van der Waals surface area contributed by atoms with Crippen LogP contribution >= 0.6 is 0 Å². The first-order valence-electron chi connectivity index (χ1n) is 9.05. The van der Waals surface area contributed by atoms with E-state index in [2.05, 4.69) is 10.6 Å². The maximum atomic E-state index is 12.4. The standard InChI is InChI=1S/C21H25N3O2/c1-14(23-21(26)17-10-11-18(22)12-17)16-8-5-9-19(13-16)24-20(25)15-6-3-2-4-7-15/h2-9,13-14,17-18H,10-12,22H2,1H3,(H,23,26)(H,24,25). The molecular weight excluding hydrogens is 326 g/mol. The minimum atomic E-state index is -0.153. The Kier molecular flexibility index (Phi) is 5.68. The molecule has 3 unspecified atom stereocenters. The average molecular weight is 351 g/mol. The predicted octanol–water partition coefficient (Wildman–Crippen LogP) is 3.24. The Morgan fingerprint density at radius 2 is 1.85 bits per heavy atom. The summed E-state index contributed by atoms with van der Waals surface area (Å²) in [5, 5.41) is 5.96. The number of rotatable bonds is 5. The Bertz CT molecular complexity index is 776. The fraction of sp³-hybridized carbons (Fsp3) is 0.333. The predicted molar refractivity (Wildman–Crippen MR) is 103 cm³/mol. The topological polar surface area (TPSA) is 84.2 Å². The smallest absolute Gasteiger partial charge is 0.255 e. The molecule has 2 aromatic carbocycles. The molecule has 2 aromatic rings. The number of benzene rings is 2. The van der Waals surface area contributed by atoms with Crippen molar-refractivity contribution in [1.82, 2.24) is 5.32 Å². The highest BCUT2D eigenvalue weighted by molar-refractivity contribution is 6.04. The molecule has 3 atom stereocenters. The van der Waals surface area contributed by atoms with Gasteiger partial charge in [0.25, 0.3) is 5.91 Å².